The predicted molar refractivity (Wildman–Crippen MR) is 136 cm³/mol. The number of hydrogen-bond donors (Lipinski definition) is 1. The van der Waals surface area contributed by atoms with Gasteiger partial charge in [-0.25, -0.2) is 8.42 Å². The number of carbonyl (C=O) groups excluding carboxylic acids is 1. The maximum Gasteiger partial charge on any atom is 0.220 e. The van der Waals surface area contributed by atoms with E-state index < -0.39 is 9.84 Å². The highest BCUT2D eigenvalue weighted by Crippen LogP contribution is 2.18. The molecule has 1 amide bonds. The molecule has 0 aromatic heterocycles. The Kier molecular flexibility index (Phi) is 9.36. The molecule has 1 N–H and O–H groups in total. The first-order chi connectivity index (χ1) is 16.2. The van der Waals surface area contributed by atoms with Gasteiger partial charge in [0, 0.05) is 57.1 Å². The summed E-state index contributed by atoms with van der Waals surface area (Å²) in [6, 6.07) is 15.1. The number of anilines is 1. The lowest BCUT2D eigenvalue weighted by molar-refractivity contribution is -0.122. The zero-order valence-electron chi connectivity index (χ0n) is 20.5. The molecular weight excluding hydrogens is 450 g/mol. The van der Waals surface area contributed by atoms with Crippen molar-refractivity contribution in [2.45, 2.75) is 44.0 Å². The Morgan fingerprint density at radius 3 is 2.44 bits per heavy atom. The van der Waals surface area contributed by atoms with Crippen molar-refractivity contribution in [2.24, 2.45) is 0 Å². The van der Waals surface area contributed by atoms with Gasteiger partial charge in [-0.3, -0.25) is 9.69 Å². The SMILES string of the molecule is Cc1cccc(N2CCN(CCC(C)NC(=O)CCCOc3ccc(S(C)(=O)=O)cc3)CC2)c1. The lowest BCUT2D eigenvalue weighted by Crippen LogP contribution is -2.47. The van der Waals surface area contributed by atoms with Crippen LogP contribution < -0.4 is 15.0 Å². The molecule has 34 heavy (non-hydrogen) atoms. The van der Waals surface area contributed by atoms with Gasteiger partial charge in [0.05, 0.1) is 11.5 Å². The minimum Gasteiger partial charge on any atom is -0.494 e. The van der Waals surface area contributed by atoms with Gasteiger partial charge in [-0.1, -0.05) is 12.1 Å². The molecule has 0 spiro atoms. The summed E-state index contributed by atoms with van der Waals surface area (Å²) < 4.78 is 28.6. The lowest BCUT2D eigenvalue weighted by Gasteiger charge is -2.36. The number of hydrogen-bond acceptors (Lipinski definition) is 6. The highest BCUT2D eigenvalue weighted by atomic mass is 32.2. The normalized spacial score (nSPS) is 15.7. The van der Waals surface area contributed by atoms with Crippen LogP contribution in [0.5, 0.6) is 5.75 Å². The second-order valence-electron chi connectivity index (χ2n) is 9.12. The topological polar surface area (TPSA) is 79.0 Å². The first-order valence-electron chi connectivity index (χ1n) is 12.0. The molecule has 7 nitrogen and oxygen atoms in total. The van der Waals surface area contributed by atoms with Crippen molar-refractivity contribution in [3.63, 3.8) is 0 Å². The molecule has 1 unspecified atom stereocenters. The van der Waals surface area contributed by atoms with Crippen LogP contribution in [-0.2, 0) is 14.6 Å². The summed E-state index contributed by atoms with van der Waals surface area (Å²) in [4.78, 5) is 17.4. The van der Waals surface area contributed by atoms with Crippen LogP contribution in [0.25, 0.3) is 0 Å². The summed E-state index contributed by atoms with van der Waals surface area (Å²) in [5.74, 6) is 0.636. The zero-order chi connectivity index (χ0) is 24.6. The molecular formula is C26H37N3O4S. The lowest BCUT2D eigenvalue weighted by atomic mass is 10.1. The Morgan fingerprint density at radius 1 is 1.09 bits per heavy atom. The largest absolute Gasteiger partial charge is 0.494 e. The summed E-state index contributed by atoms with van der Waals surface area (Å²) in [5, 5.41) is 3.08. The average molecular weight is 488 g/mol. The summed E-state index contributed by atoms with van der Waals surface area (Å²) in [6.07, 6.45) is 3.11. The van der Waals surface area contributed by atoms with E-state index in [2.05, 4.69) is 53.2 Å². The minimum atomic E-state index is -3.21. The molecule has 186 valence electrons. The molecule has 2 aromatic carbocycles. The number of ether oxygens (including phenoxy) is 1. The Labute approximate surface area is 204 Å². The van der Waals surface area contributed by atoms with Gasteiger partial charge in [-0.05, 0) is 68.7 Å². The number of rotatable bonds is 11. The van der Waals surface area contributed by atoms with Crippen LogP contribution >= 0.6 is 0 Å². The summed E-state index contributed by atoms with van der Waals surface area (Å²) in [6.45, 7) is 9.71. The van der Waals surface area contributed by atoms with Crippen LogP contribution in [-0.4, -0.2) is 70.9 Å². The first kappa shape index (κ1) is 26.0. The van der Waals surface area contributed by atoms with Crippen LogP contribution in [0.15, 0.2) is 53.4 Å². The predicted octanol–water partition coefficient (Wildman–Crippen LogP) is 3.27. The van der Waals surface area contributed by atoms with E-state index in [0.29, 0.717) is 25.2 Å². The fourth-order valence-electron chi connectivity index (χ4n) is 4.06. The Morgan fingerprint density at radius 2 is 1.79 bits per heavy atom. The maximum absolute atomic E-state index is 12.2. The summed E-state index contributed by atoms with van der Waals surface area (Å²) in [7, 11) is -3.21. The Hall–Kier alpha value is -2.58. The molecule has 1 saturated heterocycles. The number of sulfone groups is 1. The maximum atomic E-state index is 12.2. The smallest absolute Gasteiger partial charge is 0.220 e. The minimum absolute atomic E-state index is 0.0350. The van der Waals surface area contributed by atoms with Gasteiger partial charge in [0.2, 0.25) is 5.91 Å². The average Bonchev–Trinajstić information content (AvgIpc) is 2.80. The fraction of sp³-hybridized carbons (Fsp3) is 0.500. The highest BCUT2D eigenvalue weighted by molar-refractivity contribution is 7.90. The second-order valence-corrected chi connectivity index (χ2v) is 11.1. The molecule has 1 atom stereocenters. The van der Waals surface area contributed by atoms with Gasteiger partial charge in [-0.15, -0.1) is 0 Å². The Balaban J connectivity index is 1.27. The third-order valence-electron chi connectivity index (χ3n) is 6.09. The molecule has 3 rings (SSSR count). The van der Waals surface area contributed by atoms with Crippen LogP contribution in [0.3, 0.4) is 0 Å². The van der Waals surface area contributed by atoms with E-state index in [1.54, 1.807) is 12.1 Å². The number of nitrogens with zero attached hydrogens (tertiary/aromatic N) is 2. The highest BCUT2D eigenvalue weighted by Gasteiger charge is 2.18. The van der Waals surface area contributed by atoms with E-state index >= 15 is 0 Å². The molecule has 0 bridgehead atoms. The molecule has 0 radical (unpaired) electrons. The fourth-order valence-corrected chi connectivity index (χ4v) is 4.69. The van der Waals surface area contributed by atoms with E-state index in [4.69, 9.17) is 4.74 Å². The number of carbonyl (C=O) groups is 1. The zero-order valence-corrected chi connectivity index (χ0v) is 21.3. The van der Waals surface area contributed by atoms with E-state index in [9.17, 15) is 13.2 Å². The monoisotopic (exact) mass is 487 g/mol. The Bertz CT molecular complexity index is 1030. The number of benzene rings is 2. The van der Waals surface area contributed by atoms with Gasteiger partial charge >= 0.3 is 0 Å². The van der Waals surface area contributed by atoms with Crippen LogP contribution in [0.4, 0.5) is 5.69 Å². The van der Waals surface area contributed by atoms with Gasteiger partial charge in [0.25, 0.3) is 0 Å². The van der Waals surface area contributed by atoms with Crippen LogP contribution in [0.1, 0.15) is 31.7 Å². The molecule has 0 aliphatic carbocycles. The number of amides is 1. The molecule has 0 saturated carbocycles. The quantitative estimate of drug-likeness (QED) is 0.490. The summed E-state index contributed by atoms with van der Waals surface area (Å²) >= 11 is 0. The van der Waals surface area contributed by atoms with E-state index in [1.807, 2.05) is 0 Å². The van der Waals surface area contributed by atoms with Gasteiger partial charge < -0.3 is 15.0 Å². The van der Waals surface area contributed by atoms with E-state index in [-0.39, 0.29) is 16.8 Å². The second kappa shape index (κ2) is 12.2. The van der Waals surface area contributed by atoms with Crippen molar-refractivity contribution in [2.75, 3.05) is 50.5 Å². The molecule has 8 heteroatoms. The van der Waals surface area contributed by atoms with Crippen molar-refractivity contribution in [3.05, 3.63) is 54.1 Å². The standard InChI is InChI=1S/C26H37N3O4S/c1-21-6-4-7-23(20-21)29-17-15-28(16-18-29)14-13-22(2)27-26(30)8-5-19-33-24-9-11-25(12-10-24)34(3,31)32/h4,6-7,9-12,20,22H,5,8,13-19H2,1-3H3,(H,27,30). The van der Waals surface area contributed by atoms with E-state index in [0.717, 1.165) is 39.1 Å². The van der Waals surface area contributed by atoms with E-state index in [1.165, 1.54) is 29.6 Å². The molecule has 2 aromatic rings. The first-order valence-corrected chi connectivity index (χ1v) is 13.9. The van der Waals surface area contributed by atoms with Gasteiger partial charge in [0.1, 0.15) is 5.75 Å². The third kappa shape index (κ3) is 8.33. The van der Waals surface area contributed by atoms with Crippen molar-refractivity contribution in [3.8, 4) is 5.75 Å². The number of nitrogens with one attached hydrogen (secondary N) is 1. The number of piperazine rings is 1. The van der Waals surface area contributed by atoms with Crippen molar-refractivity contribution < 1.29 is 17.9 Å². The van der Waals surface area contributed by atoms with Crippen LogP contribution in [0, 0.1) is 6.92 Å². The molecule has 1 aliphatic rings. The molecule has 1 heterocycles. The summed E-state index contributed by atoms with van der Waals surface area (Å²) in [5.41, 5.74) is 2.59. The van der Waals surface area contributed by atoms with Crippen LogP contribution in [0.2, 0.25) is 0 Å². The van der Waals surface area contributed by atoms with Gasteiger partial charge in [0.15, 0.2) is 9.84 Å². The van der Waals surface area contributed by atoms with Crippen molar-refractivity contribution in [1.29, 1.82) is 0 Å². The third-order valence-corrected chi connectivity index (χ3v) is 7.22. The van der Waals surface area contributed by atoms with Crippen molar-refractivity contribution >= 4 is 21.4 Å². The number of aryl methyl sites for hydroxylation is 1. The van der Waals surface area contributed by atoms with Crippen molar-refractivity contribution in [1.82, 2.24) is 10.2 Å². The molecule has 1 fully saturated rings. The van der Waals surface area contributed by atoms with Gasteiger partial charge in [-0.2, -0.15) is 0 Å². The molecule has 1 aliphatic heterocycles.